The van der Waals surface area contributed by atoms with E-state index in [9.17, 15) is 13.2 Å². The number of fused-ring (bicyclic) bond motifs is 1. The molecule has 2 aromatic rings. The first-order valence-electron chi connectivity index (χ1n) is 9.03. The van der Waals surface area contributed by atoms with Crippen LogP contribution in [0.1, 0.15) is 30.9 Å². The van der Waals surface area contributed by atoms with Crippen LogP contribution >= 0.6 is 0 Å². The number of carbonyl (C=O) groups is 1. The van der Waals surface area contributed by atoms with Crippen LogP contribution in [0, 0.1) is 0 Å². The van der Waals surface area contributed by atoms with Crippen molar-refractivity contribution in [1.82, 2.24) is 14.9 Å². The van der Waals surface area contributed by atoms with Crippen molar-refractivity contribution in [3.8, 4) is 5.75 Å². The van der Waals surface area contributed by atoms with E-state index >= 15 is 0 Å². The normalized spacial score (nSPS) is 15.7. The van der Waals surface area contributed by atoms with Crippen LogP contribution in [0.3, 0.4) is 0 Å². The molecule has 1 saturated heterocycles. The molecule has 0 spiro atoms. The van der Waals surface area contributed by atoms with Gasteiger partial charge in [-0.2, -0.15) is 8.42 Å². The minimum atomic E-state index is -3.43. The third-order valence-corrected chi connectivity index (χ3v) is 5.24. The minimum Gasteiger partial charge on any atom is -0.493 e. The second kappa shape index (κ2) is 8.70. The molecule has 28 heavy (non-hydrogen) atoms. The molecule has 0 saturated carbocycles. The Balaban J connectivity index is 1.63. The summed E-state index contributed by atoms with van der Waals surface area (Å²) in [6, 6.07) is 5.57. The minimum absolute atomic E-state index is 0.0772. The van der Waals surface area contributed by atoms with Crippen molar-refractivity contribution in [3.63, 3.8) is 0 Å². The number of nitrogens with zero attached hydrogens (tertiary/aromatic N) is 3. The number of aromatic nitrogens is 2. The lowest BCUT2D eigenvalue weighted by molar-refractivity contribution is 0.132. The van der Waals surface area contributed by atoms with Gasteiger partial charge in [-0.1, -0.05) is 0 Å². The summed E-state index contributed by atoms with van der Waals surface area (Å²) in [6.07, 6.45) is 3.57. The predicted molar refractivity (Wildman–Crippen MR) is 102 cm³/mol. The Morgan fingerprint density at radius 1 is 1.25 bits per heavy atom. The molecule has 1 aromatic carbocycles. The van der Waals surface area contributed by atoms with E-state index in [-0.39, 0.29) is 12.5 Å². The van der Waals surface area contributed by atoms with E-state index < -0.39 is 16.2 Å². The third kappa shape index (κ3) is 5.29. The smallest absolute Gasteiger partial charge is 0.407 e. The van der Waals surface area contributed by atoms with E-state index in [1.807, 2.05) is 18.2 Å². The SMILES string of the molecule is CS(=O)(=O)OCCCOc1ccc2c(C3CCN(C(=O)O)CC3)ncnc2c1. The maximum atomic E-state index is 11.1. The molecule has 1 amide bonds. The Morgan fingerprint density at radius 2 is 2.00 bits per heavy atom. The molecular weight excluding hydrogens is 386 g/mol. The molecule has 1 aliphatic heterocycles. The maximum Gasteiger partial charge on any atom is 0.407 e. The van der Waals surface area contributed by atoms with E-state index in [0.29, 0.717) is 31.9 Å². The highest BCUT2D eigenvalue weighted by Crippen LogP contribution is 2.32. The Morgan fingerprint density at radius 3 is 2.68 bits per heavy atom. The fraction of sp³-hybridized carbons (Fsp3) is 0.500. The number of piperidine rings is 1. The lowest BCUT2D eigenvalue weighted by Gasteiger charge is -2.30. The summed E-state index contributed by atoms with van der Waals surface area (Å²) in [6.45, 7) is 1.41. The van der Waals surface area contributed by atoms with Crippen LogP contribution in [0.4, 0.5) is 4.79 Å². The molecule has 152 valence electrons. The Bertz CT molecular complexity index is 941. The molecular formula is C18H23N3O6S. The van der Waals surface area contributed by atoms with Gasteiger partial charge < -0.3 is 14.7 Å². The summed E-state index contributed by atoms with van der Waals surface area (Å²) in [5.41, 5.74) is 1.69. The van der Waals surface area contributed by atoms with Gasteiger partial charge >= 0.3 is 6.09 Å². The summed E-state index contributed by atoms with van der Waals surface area (Å²) < 4.78 is 32.2. The van der Waals surface area contributed by atoms with Crippen LogP contribution in [-0.2, 0) is 14.3 Å². The number of amides is 1. The summed E-state index contributed by atoms with van der Waals surface area (Å²) in [5.74, 6) is 0.832. The monoisotopic (exact) mass is 409 g/mol. The summed E-state index contributed by atoms with van der Waals surface area (Å²) >= 11 is 0. The zero-order valence-corrected chi connectivity index (χ0v) is 16.4. The van der Waals surface area contributed by atoms with Gasteiger partial charge in [0.15, 0.2) is 0 Å². The molecule has 1 N–H and O–H groups in total. The zero-order valence-electron chi connectivity index (χ0n) is 15.6. The number of carboxylic acid groups (broad SMARTS) is 1. The summed E-state index contributed by atoms with van der Waals surface area (Å²) in [4.78, 5) is 21.3. The van der Waals surface area contributed by atoms with Crippen LogP contribution < -0.4 is 4.74 Å². The zero-order chi connectivity index (χ0) is 20.1. The van der Waals surface area contributed by atoms with Gasteiger partial charge in [0, 0.05) is 36.9 Å². The van der Waals surface area contributed by atoms with E-state index in [1.165, 1.54) is 11.2 Å². The second-order valence-corrected chi connectivity index (χ2v) is 8.35. The van der Waals surface area contributed by atoms with Crippen molar-refractivity contribution < 1.29 is 27.2 Å². The van der Waals surface area contributed by atoms with E-state index in [2.05, 4.69) is 14.2 Å². The molecule has 1 fully saturated rings. The van der Waals surface area contributed by atoms with Crippen molar-refractivity contribution >= 4 is 27.1 Å². The van der Waals surface area contributed by atoms with Crippen LogP contribution in [0.2, 0.25) is 0 Å². The number of hydrogen-bond donors (Lipinski definition) is 1. The number of rotatable bonds is 7. The average molecular weight is 409 g/mol. The van der Waals surface area contributed by atoms with Crippen molar-refractivity contribution in [3.05, 3.63) is 30.2 Å². The topological polar surface area (TPSA) is 119 Å². The number of likely N-dealkylation sites (tertiary alicyclic amines) is 1. The molecule has 9 nitrogen and oxygen atoms in total. The number of hydrogen-bond acceptors (Lipinski definition) is 7. The van der Waals surface area contributed by atoms with Crippen molar-refractivity contribution in [1.29, 1.82) is 0 Å². The van der Waals surface area contributed by atoms with Gasteiger partial charge in [0.1, 0.15) is 12.1 Å². The molecule has 10 heteroatoms. The fourth-order valence-electron chi connectivity index (χ4n) is 3.28. The maximum absolute atomic E-state index is 11.1. The molecule has 0 unspecified atom stereocenters. The van der Waals surface area contributed by atoms with Crippen LogP contribution in [0.25, 0.3) is 10.9 Å². The van der Waals surface area contributed by atoms with E-state index in [4.69, 9.17) is 9.84 Å². The van der Waals surface area contributed by atoms with Gasteiger partial charge in [-0.3, -0.25) is 4.18 Å². The Hall–Kier alpha value is -2.46. The first-order valence-corrected chi connectivity index (χ1v) is 10.8. The largest absolute Gasteiger partial charge is 0.493 e. The second-order valence-electron chi connectivity index (χ2n) is 6.71. The third-order valence-electron chi connectivity index (χ3n) is 4.65. The standard InChI is InChI=1S/C18H23N3O6S/c1-28(24,25)27-10-2-9-26-14-3-4-15-16(11-14)19-12-20-17(15)13-5-7-21(8-6-13)18(22)23/h3-4,11-13H,2,5-10H2,1H3,(H,22,23). The highest BCUT2D eigenvalue weighted by Gasteiger charge is 2.25. The molecule has 2 heterocycles. The van der Waals surface area contributed by atoms with Gasteiger partial charge in [-0.25, -0.2) is 14.8 Å². The first kappa shape index (κ1) is 20.3. The number of ether oxygens (including phenoxy) is 1. The summed E-state index contributed by atoms with van der Waals surface area (Å²) in [5, 5.41) is 10.0. The fourth-order valence-corrected chi connectivity index (χ4v) is 3.70. The van der Waals surface area contributed by atoms with Crippen molar-refractivity contribution in [2.24, 2.45) is 0 Å². The van der Waals surface area contributed by atoms with E-state index in [0.717, 1.165) is 35.7 Å². The van der Waals surface area contributed by atoms with Gasteiger partial charge in [0.05, 0.1) is 30.7 Å². The molecule has 0 bridgehead atoms. The van der Waals surface area contributed by atoms with Gasteiger partial charge in [-0.05, 0) is 25.0 Å². The molecule has 3 rings (SSSR count). The predicted octanol–water partition coefficient (Wildman–Crippen LogP) is 2.23. The Labute approximate surface area is 163 Å². The molecule has 0 radical (unpaired) electrons. The average Bonchev–Trinajstić information content (AvgIpc) is 2.66. The Kier molecular flexibility index (Phi) is 6.30. The van der Waals surface area contributed by atoms with Crippen LogP contribution in [0.15, 0.2) is 24.5 Å². The highest BCUT2D eigenvalue weighted by atomic mass is 32.2. The summed E-state index contributed by atoms with van der Waals surface area (Å²) in [7, 11) is -3.43. The van der Waals surface area contributed by atoms with Crippen LogP contribution in [0.5, 0.6) is 5.75 Å². The molecule has 0 aliphatic carbocycles. The number of benzene rings is 1. The van der Waals surface area contributed by atoms with Crippen molar-refractivity contribution in [2.45, 2.75) is 25.2 Å². The van der Waals surface area contributed by atoms with Gasteiger partial charge in [0.25, 0.3) is 10.1 Å². The molecule has 1 aromatic heterocycles. The molecule has 1 aliphatic rings. The van der Waals surface area contributed by atoms with Gasteiger partial charge in [0.2, 0.25) is 0 Å². The van der Waals surface area contributed by atoms with Gasteiger partial charge in [-0.15, -0.1) is 0 Å². The van der Waals surface area contributed by atoms with Crippen molar-refractivity contribution in [2.75, 3.05) is 32.6 Å². The highest BCUT2D eigenvalue weighted by molar-refractivity contribution is 7.85. The lowest BCUT2D eigenvalue weighted by Crippen LogP contribution is -2.37. The van der Waals surface area contributed by atoms with Crippen LogP contribution in [-0.4, -0.2) is 67.0 Å². The first-order chi connectivity index (χ1) is 13.3. The molecule has 0 atom stereocenters. The van der Waals surface area contributed by atoms with E-state index in [1.54, 1.807) is 0 Å². The lowest BCUT2D eigenvalue weighted by atomic mass is 9.91. The quantitative estimate of drug-likeness (QED) is 0.546.